The highest BCUT2D eigenvalue weighted by Gasteiger charge is 2.21. The van der Waals surface area contributed by atoms with E-state index in [1.165, 1.54) is 24.3 Å². The predicted molar refractivity (Wildman–Crippen MR) is 106 cm³/mol. The Hall–Kier alpha value is -3.32. The van der Waals surface area contributed by atoms with Crippen molar-refractivity contribution < 1.29 is 9.65 Å². The van der Waals surface area contributed by atoms with Gasteiger partial charge in [0, 0.05) is 22.2 Å². The van der Waals surface area contributed by atoms with Gasteiger partial charge in [-0.1, -0.05) is 28.1 Å². The molecule has 0 atom stereocenters. The Kier molecular flexibility index (Phi) is 4.29. The molecule has 132 valence electrons. The summed E-state index contributed by atoms with van der Waals surface area (Å²) in [7, 11) is 0. The number of aromatic nitrogens is 2. The molecular formula is C20H12BrN3O3. The fourth-order valence-electron chi connectivity index (χ4n) is 2.94. The second-order valence-electron chi connectivity index (χ2n) is 5.91. The number of nitro groups is 1. The minimum absolute atomic E-state index is 0.0369. The normalized spacial score (nSPS) is 10.9. The average molecular weight is 422 g/mol. The zero-order valence-electron chi connectivity index (χ0n) is 13.9. The third-order valence-corrected chi connectivity index (χ3v) is 4.76. The van der Waals surface area contributed by atoms with Gasteiger partial charge in [0.2, 0.25) is 0 Å². The molecule has 27 heavy (non-hydrogen) atoms. The quantitative estimate of drug-likeness (QED) is 0.204. The second kappa shape index (κ2) is 6.77. The number of hydrogen-bond acceptors (Lipinski definition) is 4. The van der Waals surface area contributed by atoms with E-state index in [1.54, 1.807) is 0 Å². The van der Waals surface area contributed by atoms with Crippen LogP contribution in [0.5, 0.6) is 0 Å². The molecule has 0 unspecified atom stereocenters. The van der Waals surface area contributed by atoms with Crippen LogP contribution >= 0.6 is 15.9 Å². The minimum atomic E-state index is -0.476. The Morgan fingerprint density at radius 2 is 1.52 bits per heavy atom. The van der Waals surface area contributed by atoms with E-state index in [-0.39, 0.29) is 11.5 Å². The molecule has 0 fully saturated rings. The Morgan fingerprint density at radius 1 is 0.889 bits per heavy atom. The summed E-state index contributed by atoms with van der Waals surface area (Å²) >= 11 is 3.40. The monoisotopic (exact) mass is 421 g/mol. The summed E-state index contributed by atoms with van der Waals surface area (Å²) < 4.78 is 1.70. The lowest BCUT2D eigenvalue weighted by Crippen LogP contribution is -2.33. The number of benzene rings is 3. The molecule has 0 radical (unpaired) electrons. The van der Waals surface area contributed by atoms with E-state index in [1.807, 2.05) is 48.5 Å². The first-order valence-corrected chi connectivity index (χ1v) is 8.87. The van der Waals surface area contributed by atoms with Crippen LogP contribution < -0.4 is 4.73 Å². The summed E-state index contributed by atoms with van der Waals surface area (Å²) in [6, 6.07) is 20.7. The van der Waals surface area contributed by atoms with Crippen molar-refractivity contribution in [3.8, 4) is 22.6 Å². The fraction of sp³-hybridized carbons (Fsp3) is 0. The topological polar surface area (TPSA) is 83.0 Å². The van der Waals surface area contributed by atoms with E-state index in [4.69, 9.17) is 0 Å². The number of halogens is 1. The molecular weight excluding hydrogens is 410 g/mol. The first-order chi connectivity index (χ1) is 13.0. The van der Waals surface area contributed by atoms with Crippen molar-refractivity contribution in [2.75, 3.05) is 0 Å². The highest BCUT2D eigenvalue weighted by Crippen LogP contribution is 2.29. The lowest BCUT2D eigenvalue weighted by Gasteiger charge is -2.14. The first kappa shape index (κ1) is 17.1. The van der Waals surface area contributed by atoms with Crippen LogP contribution in [-0.4, -0.2) is 9.91 Å². The Bertz CT molecular complexity index is 1160. The van der Waals surface area contributed by atoms with Gasteiger partial charge in [-0.2, -0.15) is 0 Å². The van der Waals surface area contributed by atoms with E-state index in [0.717, 1.165) is 20.2 Å². The van der Waals surface area contributed by atoms with Gasteiger partial charge in [-0.25, -0.2) is 4.73 Å². The SMILES string of the molecule is O=[N+]([O-])c1ccc(-c2nc3ccccc3c(-c3ccc(Br)cc3)[n+]2[O-])cc1. The molecule has 4 rings (SSSR count). The van der Waals surface area contributed by atoms with Crippen molar-refractivity contribution in [2.45, 2.75) is 0 Å². The highest BCUT2D eigenvalue weighted by molar-refractivity contribution is 9.10. The van der Waals surface area contributed by atoms with Gasteiger partial charge >= 0.3 is 5.82 Å². The number of hydrogen-bond donors (Lipinski definition) is 0. The number of para-hydroxylation sites is 1. The predicted octanol–water partition coefficient (Wildman–Crippen LogP) is 4.87. The molecule has 0 N–H and O–H groups in total. The summed E-state index contributed by atoms with van der Waals surface area (Å²) in [5.41, 5.74) is 2.40. The minimum Gasteiger partial charge on any atom is -0.710 e. The maximum absolute atomic E-state index is 13.2. The van der Waals surface area contributed by atoms with Crippen LogP contribution in [0, 0.1) is 15.3 Å². The van der Waals surface area contributed by atoms with Crippen LogP contribution in [0.4, 0.5) is 5.69 Å². The molecule has 1 aromatic heterocycles. The van der Waals surface area contributed by atoms with E-state index in [2.05, 4.69) is 20.9 Å². The van der Waals surface area contributed by atoms with Gasteiger partial charge in [0.25, 0.3) is 5.69 Å². The molecule has 0 saturated heterocycles. The number of nitro benzene ring substituents is 1. The fourth-order valence-corrected chi connectivity index (χ4v) is 3.21. The third kappa shape index (κ3) is 3.13. The molecule has 3 aromatic carbocycles. The summed E-state index contributed by atoms with van der Waals surface area (Å²) in [6.45, 7) is 0. The molecule has 1 heterocycles. The van der Waals surface area contributed by atoms with Gasteiger partial charge in [-0.05, 0) is 53.5 Å². The number of nitrogens with zero attached hydrogens (tertiary/aromatic N) is 3. The Morgan fingerprint density at radius 3 is 2.19 bits per heavy atom. The standard InChI is InChI=1S/C20H12BrN3O3/c21-15-9-5-13(6-10-15)19-17-3-1-2-4-18(17)22-20(23(19)25)14-7-11-16(12-8-14)24(26)27/h1-12H. The van der Waals surface area contributed by atoms with E-state index in [0.29, 0.717) is 16.8 Å². The Labute approximate surface area is 162 Å². The lowest BCUT2D eigenvalue weighted by molar-refractivity contribution is -0.583. The van der Waals surface area contributed by atoms with E-state index >= 15 is 0 Å². The zero-order chi connectivity index (χ0) is 19.0. The van der Waals surface area contributed by atoms with Crippen LogP contribution in [0.15, 0.2) is 77.3 Å². The molecule has 0 saturated carbocycles. The summed E-state index contributed by atoms with van der Waals surface area (Å²) in [5, 5.41) is 24.8. The highest BCUT2D eigenvalue weighted by atomic mass is 79.9. The number of non-ortho nitro benzene ring substituents is 1. The third-order valence-electron chi connectivity index (χ3n) is 4.23. The van der Waals surface area contributed by atoms with Crippen LogP contribution in [0.3, 0.4) is 0 Å². The van der Waals surface area contributed by atoms with E-state index in [9.17, 15) is 15.3 Å². The molecule has 0 aliphatic carbocycles. The van der Waals surface area contributed by atoms with Gasteiger partial charge in [0.15, 0.2) is 5.52 Å². The van der Waals surface area contributed by atoms with Crippen molar-refractivity contribution in [2.24, 2.45) is 0 Å². The maximum atomic E-state index is 13.2. The number of rotatable bonds is 3. The number of fused-ring (bicyclic) bond motifs is 1. The van der Waals surface area contributed by atoms with Gasteiger partial charge in [0.1, 0.15) is 5.69 Å². The Balaban J connectivity index is 1.98. The maximum Gasteiger partial charge on any atom is 0.334 e. The molecule has 4 aromatic rings. The molecule has 0 aliphatic rings. The molecule has 0 bridgehead atoms. The molecule has 0 spiro atoms. The second-order valence-corrected chi connectivity index (χ2v) is 6.82. The van der Waals surface area contributed by atoms with Gasteiger partial charge in [-0.15, -0.1) is 0 Å². The molecule has 0 aliphatic heterocycles. The van der Waals surface area contributed by atoms with Gasteiger partial charge < -0.3 is 5.21 Å². The molecule has 6 nitrogen and oxygen atoms in total. The van der Waals surface area contributed by atoms with Gasteiger partial charge in [0.05, 0.1) is 15.9 Å². The van der Waals surface area contributed by atoms with Crippen LogP contribution in [0.1, 0.15) is 0 Å². The summed E-state index contributed by atoms with van der Waals surface area (Å²) in [6.07, 6.45) is 0. The molecule has 0 amide bonds. The summed E-state index contributed by atoms with van der Waals surface area (Å²) in [4.78, 5) is 14.9. The van der Waals surface area contributed by atoms with Crippen LogP contribution in [-0.2, 0) is 0 Å². The average Bonchev–Trinajstić information content (AvgIpc) is 2.68. The van der Waals surface area contributed by atoms with E-state index < -0.39 is 4.92 Å². The first-order valence-electron chi connectivity index (χ1n) is 8.07. The van der Waals surface area contributed by atoms with Crippen molar-refractivity contribution in [1.29, 1.82) is 0 Å². The van der Waals surface area contributed by atoms with Gasteiger partial charge in [-0.3, -0.25) is 10.1 Å². The largest absolute Gasteiger partial charge is 0.710 e. The van der Waals surface area contributed by atoms with Crippen molar-refractivity contribution in [3.63, 3.8) is 0 Å². The zero-order valence-corrected chi connectivity index (χ0v) is 15.5. The lowest BCUT2D eigenvalue weighted by atomic mass is 10.1. The van der Waals surface area contributed by atoms with Crippen molar-refractivity contribution in [1.82, 2.24) is 4.98 Å². The summed E-state index contributed by atoms with van der Waals surface area (Å²) in [5.74, 6) is 0.196. The van der Waals surface area contributed by atoms with Crippen molar-refractivity contribution >= 4 is 32.5 Å². The van der Waals surface area contributed by atoms with Crippen molar-refractivity contribution in [3.05, 3.63) is 92.6 Å². The molecule has 7 heteroatoms. The van der Waals surface area contributed by atoms with Crippen LogP contribution in [0.25, 0.3) is 33.5 Å². The van der Waals surface area contributed by atoms with Crippen LogP contribution in [0.2, 0.25) is 0 Å². The smallest absolute Gasteiger partial charge is 0.334 e.